The number of hydrogen-bond acceptors (Lipinski definition) is 6. The van der Waals surface area contributed by atoms with Crippen molar-refractivity contribution >= 4 is 46.2 Å². The van der Waals surface area contributed by atoms with Crippen LogP contribution in [0.3, 0.4) is 0 Å². The number of benzene rings is 2. The molecule has 0 aliphatic carbocycles. The van der Waals surface area contributed by atoms with Crippen LogP contribution in [0.15, 0.2) is 24.3 Å². The maximum atomic E-state index is 13.9. The van der Waals surface area contributed by atoms with Crippen molar-refractivity contribution in [3.8, 4) is 16.9 Å². The second-order valence-electron chi connectivity index (χ2n) is 13.0. The lowest BCUT2D eigenvalue weighted by Gasteiger charge is -2.23. The van der Waals surface area contributed by atoms with E-state index in [0.29, 0.717) is 30.2 Å². The number of carbonyl (C=O) groups is 2. The van der Waals surface area contributed by atoms with Gasteiger partial charge in [-0.1, -0.05) is 29.3 Å². The Kier molecular flexibility index (Phi) is 11.2. The molecule has 9 nitrogen and oxygen atoms in total. The Morgan fingerprint density at radius 2 is 1.70 bits per heavy atom. The monoisotopic (exact) mass is 684 g/mol. The number of amides is 1. The molecular formula is C36H46Cl2N4O5. The lowest BCUT2D eigenvalue weighted by atomic mass is 9.98. The summed E-state index contributed by atoms with van der Waals surface area (Å²) in [5.74, 6) is 0.297. The number of aryl methyl sites for hydroxylation is 5. The van der Waals surface area contributed by atoms with Gasteiger partial charge in [-0.15, -0.1) is 0 Å². The first-order chi connectivity index (χ1) is 22.0. The van der Waals surface area contributed by atoms with Gasteiger partial charge in [-0.25, -0.2) is 9.59 Å². The second kappa shape index (κ2) is 14.6. The molecule has 0 saturated heterocycles. The van der Waals surface area contributed by atoms with Crippen LogP contribution in [0.4, 0.5) is 4.79 Å². The minimum atomic E-state index is -0.655. The van der Waals surface area contributed by atoms with Gasteiger partial charge in [0.1, 0.15) is 17.0 Å². The second-order valence-corrected chi connectivity index (χ2v) is 13.7. The van der Waals surface area contributed by atoms with E-state index in [-0.39, 0.29) is 19.2 Å². The molecule has 47 heavy (non-hydrogen) atoms. The summed E-state index contributed by atoms with van der Waals surface area (Å²) in [6.07, 6.45) is 0.613. The van der Waals surface area contributed by atoms with Crippen LogP contribution in [0, 0.1) is 27.7 Å². The molecule has 0 spiro atoms. The molecule has 1 amide bonds. The van der Waals surface area contributed by atoms with E-state index in [1.807, 2.05) is 96.0 Å². The van der Waals surface area contributed by atoms with Gasteiger partial charge in [-0.2, -0.15) is 5.10 Å². The fraction of sp³-hybridized carbons (Fsp3) is 0.472. The van der Waals surface area contributed by atoms with Crippen LogP contribution >= 0.6 is 23.2 Å². The van der Waals surface area contributed by atoms with E-state index in [4.69, 9.17) is 37.4 Å². The van der Waals surface area contributed by atoms with Crippen LogP contribution < -0.4 is 10.1 Å². The minimum absolute atomic E-state index is 0.194. The number of esters is 1. The highest BCUT2D eigenvalue weighted by Crippen LogP contribution is 2.43. The topological polar surface area (TPSA) is 96.6 Å². The number of carbonyl (C=O) groups excluding carboxylic acids is 2. The Bertz CT molecular complexity index is 1780. The van der Waals surface area contributed by atoms with Gasteiger partial charge in [0, 0.05) is 46.9 Å². The van der Waals surface area contributed by atoms with E-state index < -0.39 is 17.7 Å². The van der Waals surface area contributed by atoms with E-state index in [1.54, 1.807) is 6.92 Å². The van der Waals surface area contributed by atoms with Crippen molar-refractivity contribution in [3.63, 3.8) is 0 Å². The molecule has 11 heteroatoms. The normalized spacial score (nSPS) is 12.3. The molecule has 1 N–H and O–H groups in total. The van der Waals surface area contributed by atoms with Crippen molar-refractivity contribution in [2.45, 2.75) is 86.8 Å². The van der Waals surface area contributed by atoms with Crippen LogP contribution in [-0.2, 0) is 22.9 Å². The SMILES string of the molecule is CCOC(=O)c1c(CCCOc2cc(C)c(Cl)c(C)c2)c2ccc(Cl)c(-c3c(C)nn(C)c3C)c2n1[C@H](C)CNC(=O)OC(C)(C)C. The first-order valence-corrected chi connectivity index (χ1v) is 16.7. The van der Waals surface area contributed by atoms with Gasteiger partial charge in [0.15, 0.2) is 0 Å². The van der Waals surface area contributed by atoms with Gasteiger partial charge in [0.2, 0.25) is 0 Å². The number of fused-ring (bicyclic) bond motifs is 1. The molecule has 1 atom stereocenters. The number of hydrogen-bond donors (Lipinski definition) is 1. The van der Waals surface area contributed by atoms with Crippen LogP contribution in [-0.4, -0.2) is 51.8 Å². The first-order valence-electron chi connectivity index (χ1n) is 15.9. The molecule has 0 aliphatic heterocycles. The van der Waals surface area contributed by atoms with Crippen molar-refractivity contribution in [1.29, 1.82) is 0 Å². The van der Waals surface area contributed by atoms with E-state index in [0.717, 1.165) is 60.9 Å². The molecule has 0 radical (unpaired) electrons. The third kappa shape index (κ3) is 7.90. The Morgan fingerprint density at radius 1 is 1.04 bits per heavy atom. The van der Waals surface area contributed by atoms with Crippen LogP contribution in [0.2, 0.25) is 10.0 Å². The molecule has 2 aromatic carbocycles. The molecule has 0 fully saturated rings. The zero-order valence-electron chi connectivity index (χ0n) is 29.1. The predicted octanol–water partition coefficient (Wildman–Crippen LogP) is 8.86. The van der Waals surface area contributed by atoms with Gasteiger partial charge in [0.25, 0.3) is 0 Å². The summed E-state index contributed by atoms with van der Waals surface area (Å²) in [4.78, 5) is 26.6. The summed E-state index contributed by atoms with van der Waals surface area (Å²) in [6.45, 7) is 17.8. The lowest BCUT2D eigenvalue weighted by Crippen LogP contribution is -2.35. The number of halogens is 2. The highest BCUT2D eigenvalue weighted by molar-refractivity contribution is 6.35. The average Bonchev–Trinajstić information content (AvgIpc) is 3.44. The third-order valence-electron chi connectivity index (χ3n) is 8.08. The lowest BCUT2D eigenvalue weighted by molar-refractivity contribution is 0.0510. The van der Waals surface area contributed by atoms with Gasteiger partial charge in [-0.05, 0) is 110 Å². The summed E-state index contributed by atoms with van der Waals surface area (Å²) >= 11 is 13.4. The van der Waals surface area contributed by atoms with E-state index >= 15 is 0 Å². The molecule has 2 heterocycles. The average molecular weight is 686 g/mol. The number of ether oxygens (including phenoxy) is 3. The number of nitrogens with one attached hydrogen (secondary N) is 1. The smallest absolute Gasteiger partial charge is 0.407 e. The van der Waals surface area contributed by atoms with Crippen molar-refractivity contribution in [2.75, 3.05) is 19.8 Å². The Balaban J connectivity index is 1.86. The Hall–Kier alpha value is -3.69. The molecule has 0 saturated carbocycles. The predicted molar refractivity (Wildman–Crippen MR) is 188 cm³/mol. The summed E-state index contributed by atoms with van der Waals surface area (Å²) in [6, 6.07) is 7.29. The maximum absolute atomic E-state index is 13.9. The van der Waals surface area contributed by atoms with E-state index in [1.165, 1.54) is 0 Å². The van der Waals surface area contributed by atoms with Crippen molar-refractivity contribution < 1.29 is 23.8 Å². The summed E-state index contributed by atoms with van der Waals surface area (Å²) in [5.41, 5.74) is 6.69. The fourth-order valence-electron chi connectivity index (χ4n) is 6.00. The molecule has 0 aliphatic rings. The van der Waals surface area contributed by atoms with Crippen molar-refractivity contribution in [2.24, 2.45) is 7.05 Å². The maximum Gasteiger partial charge on any atom is 0.407 e. The zero-order chi connectivity index (χ0) is 34.8. The molecule has 0 bridgehead atoms. The highest BCUT2D eigenvalue weighted by Gasteiger charge is 2.31. The first kappa shape index (κ1) is 36.2. The van der Waals surface area contributed by atoms with Gasteiger partial charge in [0.05, 0.1) is 29.4 Å². The summed E-state index contributed by atoms with van der Waals surface area (Å²) in [5, 5.41) is 9.68. The van der Waals surface area contributed by atoms with Crippen molar-refractivity contribution in [3.05, 3.63) is 68.1 Å². The number of rotatable bonds is 11. The minimum Gasteiger partial charge on any atom is -0.494 e. The van der Waals surface area contributed by atoms with Gasteiger partial charge in [-0.3, -0.25) is 4.68 Å². The van der Waals surface area contributed by atoms with Crippen molar-refractivity contribution in [1.82, 2.24) is 19.7 Å². The molecule has 0 unspecified atom stereocenters. The third-order valence-corrected chi connectivity index (χ3v) is 8.99. The largest absolute Gasteiger partial charge is 0.494 e. The zero-order valence-corrected chi connectivity index (χ0v) is 30.6. The Morgan fingerprint density at radius 3 is 2.28 bits per heavy atom. The van der Waals surface area contributed by atoms with Gasteiger partial charge < -0.3 is 24.1 Å². The molecule has 2 aromatic heterocycles. The number of nitrogens with zero attached hydrogens (tertiary/aromatic N) is 3. The number of alkyl carbamates (subject to hydrolysis) is 1. The molecular weight excluding hydrogens is 639 g/mol. The molecule has 254 valence electrons. The van der Waals surface area contributed by atoms with E-state index in [9.17, 15) is 9.59 Å². The fourth-order valence-corrected chi connectivity index (χ4v) is 6.35. The summed E-state index contributed by atoms with van der Waals surface area (Å²) in [7, 11) is 1.89. The van der Waals surface area contributed by atoms with Crippen LogP contribution in [0.25, 0.3) is 22.0 Å². The highest BCUT2D eigenvalue weighted by atomic mass is 35.5. The molecule has 4 aromatic rings. The number of aromatic nitrogens is 3. The van der Waals surface area contributed by atoms with Gasteiger partial charge >= 0.3 is 12.1 Å². The summed E-state index contributed by atoms with van der Waals surface area (Å²) < 4.78 is 21.1. The van der Waals surface area contributed by atoms with Crippen LogP contribution in [0.1, 0.15) is 85.6 Å². The van der Waals surface area contributed by atoms with E-state index in [2.05, 4.69) is 10.4 Å². The quantitative estimate of drug-likeness (QED) is 0.125. The Labute approximate surface area is 287 Å². The van der Waals surface area contributed by atoms with Crippen LogP contribution in [0.5, 0.6) is 5.75 Å². The standard InChI is InChI=1S/C36H46Cl2N4O5/c1-11-45-34(43)33-26(13-12-16-46-25-17-20(2)31(38)21(3)18-25)27-14-15-28(37)30(29-23(5)40-41(10)24(29)6)32(27)42(33)22(4)19-39-35(44)47-36(7,8)9/h14-15,17-18,22H,11-13,16,19H2,1-10H3,(H,39,44)/t22-/m1/s1. The molecule has 4 rings (SSSR count).